The highest BCUT2D eigenvalue weighted by Crippen LogP contribution is 2.14. The number of alkyl halides is 1. The average Bonchev–Trinajstić information content (AvgIpc) is 2.52. The first-order valence-corrected chi connectivity index (χ1v) is 7.58. The maximum absolute atomic E-state index is 12.8. The molecule has 0 atom stereocenters. The zero-order valence-electron chi connectivity index (χ0n) is 11.3. The maximum atomic E-state index is 12.8. The minimum Gasteiger partial charge on any atom is -0.493 e. The Morgan fingerprint density at radius 1 is 1.10 bits per heavy atom. The largest absolute Gasteiger partial charge is 0.493 e. The van der Waals surface area contributed by atoms with Crippen LogP contribution in [-0.2, 0) is 0 Å². The molecular formula is C17H14BrFO2. The molecule has 2 rings (SSSR count). The summed E-state index contributed by atoms with van der Waals surface area (Å²) >= 11 is 3.28. The first-order chi connectivity index (χ1) is 10.2. The molecule has 0 aliphatic carbocycles. The second kappa shape index (κ2) is 7.74. The molecular weight excluding hydrogens is 335 g/mol. The lowest BCUT2D eigenvalue weighted by Gasteiger charge is -2.04. The van der Waals surface area contributed by atoms with E-state index in [4.69, 9.17) is 4.74 Å². The van der Waals surface area contributed by atoms with E-state index < -0.39 is 0 Å². The zero-order valence-corrected chi connectivity index (χ0v) is 12.8. The van der Waals surface area contributed by atoms with Gasteiger partial charge in [-0.1, -0.05) is 34.1 Å². The number of halogens is 2. The van der Waals surface area contributed by atoms with Crippen molar-refractivity contribution in [2.75, 3.05) is 11.9 Å². The van der Waals surface area contributed by atoms with Crippen LogP contribution in [0.2, 0.25) is 0 Å². The summed E-state index contributed by atoms with van der Waals surface area (Å²) in [6.45, 7) is 0.581. The van der Waals surface area contributed by atoms with Crippen LogP contribution in [0.5, 0.6) is 5.75 Å². The van der Waals surface area contributed by atoms with Crippen LogP contribution in [0.15, 0.2) is 54.6 Å². The Bertz CT molecular complexity index is 618. The van der Waals surface area contributed by atoms with Crippen LogP contribution in [0.25, 0.3) is 6.08 Å². The Morgan fingerprint density at radius 2 is 1.76 bits per heavy atom. The first-order valence-electron chi connectivity index (χ1n) is 6.46. The Balaban J connectivity index is 2.01. The Hall–Kier alpha value is -1.94. The normalized spacial score (nSPS) is 10.8. The molecule has 0 bridgehead atoms. The van der Waals surface area contributed by atoms with E-state index >= 15 is 0 Å². The fraction of sp³-hybridized carbons (Fsp3) is 0.118. The molecule has 2 aromatic rings. The third-order valence-electron chi connectivity index (χ3n) is 2.78. The smallest absolute Gasteiger partial charge is 0.185 e. The van der Waals surface area contributed by atoms with Crippen molar-refractivity contribution in [2.45, 2.75) is 0 Å². The van der Waals surface area contributed by atoms with Crippen molar-refractivity contribution in [3.63, 3.8) is 0 Å². The second-order valence-corrected chi connectivity index (χ2v) is 5.10. The molecule has 0 aliphatic heterocycles. The molecule has 2 nitrogen and oxygen atoms in total. The number of rotatable bonds is 6. The molecule has 0 amide bonds. The fourth-order valence-electron chi connectivity index (χ4n) is 1.71. The van der Waals surface area contributed by atoms with Crippen LogP contribution in [0.1, 0.15) is 15.9 Å². The van der Waals surface area contributed by atoms with Crippen molar-refractivity contribution >= 4 is 27.8 Å². The van der Waals surface area contributed by atoms with E-state index in [1.165, 1.54) is 18.2 Å². The topological polar surface area (TPSA) is 26.3 Å². The summed E-state index contributed by atoms with van der Waals surface area (Å²) in [5.74, 6) is 0.331. The van der Waals surface area contributed by atoms with E-state index in [0.717, 1.165) is 16.6 Å². The summed E-state index contributed by atoms with van der Waals surface area (Å²) in [5, 5.41) is 0.758. The van der Waals surface area contributed by atoms with Gasteiger partial charge in [0.15, 0.2) is 5.78 Å². The Morgan fingerprint density at radius 3 is 2.38 bits per heavy atom. The SMILES string of the molecule is O=C(/C=C/c1ccc(F)cc1)c1ccc(OCCBr)cc1. The van der Waals surface area contributed by atoms with Crippen molar-refractivity contribution < 1.29 is 13.9 Å². The lowest BCUT2D eigenvalue weighted by atomic mass is 10.1. The van der Waals surface area contributed by atoms with Gasteiger partial charge in [0.1, 0.15) is 11.6 Å². The number of carbonyl (C=O) groups excluding carboxylic acids is 1. The predicted molar refractivity (Wildman–Crippen MR) is 85.5 cm³/mol. The maximum Gasteiger partial charge on any atom is 0.185 e. The molecule has 2 aromatic carbocycles. The van der Waals surface area contributed by atoms with E-state index in [-0.39, 0.29) is 11.6 Å². The van der Waals surface area contributed by atoms with Crippen molar-refractivity contribution in [2.24, 2.45) is 0 Å². The second-order valence-electron chi connectivity index (χ2n) is 4.31. The standard InChI is InChI=1S/C17H14BrFO2/c18-11-12-21-16-8-4-14(5-9-16)17(20)10-3-13-1-6-15(19)7-2-13/h1-10H,11-12H2/b10-3+. The lowest BCUT2D eigenvalue weighted by molar-refractivity contribution is 0.104. The quantitative estimate of drug-likeness (QED) is 0.436. The summed E-state index contributed by atoms with van der Waals surface area (Å²) < 4.78 is 18.2. The molecule has 0 aromatic heterocycles. The van der Waals surface area contributed by atoms with Gasteiger partial charge in [-0.2, -0.15) is 0 Å². The van der Waals surface area contributed by atoms with Gasteiger partial charge in [0, 0.05) is 10.9 Å². The monoisotopic (exact) mass is 348 g/mol. The van der Waals surface area contributed by atoms with Gasteiger partial charge in [-0.05, 0) is 48.0 Å². The summed E-state index contributed by atoms with van der Waals surface area (Å²) in [6.07, 6.45) is 3.14. The van der Waals surface area contributed by atoms with Crippen LogP contribution in [0.4, 0.5) is 4.39 Å². The molecule has 0 unspecified atom stereocenters. The van der Waals surface area contributed by atoms with Gasteiger partial charge in [-0.15, -0.1) is 0 Å². The lowest BCUT2D eigenvalue weighted by Crippen LogP contribution is -1.99. The Labute approximate surface area is 131 Å². The molecule has 0 spiro atoms. The number of hydrogen-bond acceptors (Lipinski definition) is 2. The van der Waals surface area contributed by atoms with Gasteiger partial charge in [-0.3, -0.25) is 4.79 Å². The van der Waals surface area contributed by atoms with Gasteiger partial charge in [0.25, 0.3) is 0 Å². The van der Waals surface area contributed by atoms with Crippen LogP contribution in [0, 0.1) is 5.82 Å². The molecule has 108 valence electrons. The summed E-state index contributed by atoms with van der Waals surface area (Å²) in [6, 6.07) is 12.9. The molecule has 0 aliphatic rings. The minimum atomic E-state index is -0.294. The molecule has 0 radical (unpaired) electrons. The number of allylic oxidation sites excluding steroid dienone is 1. The van der Waals surface area contributed by atoms with Crippen molar-refractivity contribution in [1.29, 1.82) is 0 Å². The van der Waals surface area contributed by atoms with E-state index in [9.17, 15) is 9.18 Å². The highest BCUT2D eigenvalue weighted by Gasteiger charge is 2.02. The van der Waals surface area contributed by atoms with E-state index in [2.05, 4.69) is 15.9 Å². The summed E-state index contributed by atoms with van der Waals surface area (Å²) in [5.41, 5.74) is 1.36. The fourth-order valence-corrected chi connectivity index (χ4v) is 1.88. The summed E-state index contributed by atoms with van der Waals surface area (Å²) in [4.78, 5) is 12.0. The van der Waals surface area contributed by atoms with Gasteiger partial charge < -0.3 is 4.74 Å². The van der Waals surface area contributed by atoms with Crippen LogP contribution >= 0.6 is 15.9 Å². The average molecular weight is 349 g/mol. The number of hydrogen-bond donors (Lipinski definition) is 0. The van der Waals surface area contributed by atoms with E-state index in [1.54, 1.807) is 42.5 Å². The molecule has 0 N–H and O–H groups in total. The number of ether oxygens (including phenoxy) is 1. The molecule has 4 heteroatoms. The van der Waals surface area contributed by atoms with Crippen LogP contribution < -0.4 is 4.74 Å². The van der Waals surface area contributed by atoms with Crippen LogP contribution in [-0.4, -0.2) is 17.7 Å². The molecule has 0 saturated carbocycles. The predicted octanol–water partition coefficient (Wildman–Crippen LogP) is 4.50. The highest BCUT2D eigenvalue weighted by molar-refractivity contribution is 9.09. The number of benzene rings is 2. The zero-order chi connectivity index (χ0) is 15.1. The van der Waals surface area contributed by atoms with Crippen molar-refractivity contribution in [1.82, 2.24) is 0 Å². The Kier molecular flexibility index (Phi) is 5.69. The van der Waals surface area contributed by atoms with Gasteiger partial charge in [-0.25, -0.2) is 4.39 Å². The van der Waals surface area contributed by atoms with Gasteiger partial charge >= 0.3 is 0 Å². The molecule has 0 fully saturated rings. The number of carbonyl (C=O) groups is 1. The molecule has 0 heterocycles. The third kappa shape index (κ3) is 4.83. The van der Waals surface area contributed by atoms with Gasteiger partial charge in [0.05, 0.1) is 6.61 Å². The van der Waals surface area contributed by atoms with Crippen LogP contribution in [0.3, 0.4) is 0 Å². The first kappa shape index (κ1) is 15.4. The van der Waals surface area contributed by atoms with E-state index in [0.29, 0.717) is 12.2 Å². The van der Waals surface area contributed by atoms with E-state index in [1.807, 2.05) is 0 Å². The minimum absolute atomic E-state index is 0.105. The van der Waals surface area contributed by atoms with Crippen molar-refractivity contribution in [3.05, 3.63) is 71.6 Å². The third-order valence-corrected chi connectivity index (χ3v) is 3.11. The highest BCUT2D eigenvalue weighted by atomic mass is 79.9. The summed E-state index contributed by atoms with van der Waals surface area (Å²) in [7, 11) is 0. The van der Waals surface area contributed by atoms with Crippen molar-refractivity contribution in [3.8, 4) is 5.75 Å². The molecule has 21 heavy (non-hydrogen) atoms. The van der Waals surface area contributed by atoms with Gasteiger partial charge in [0.2, 0.25) is 0 Å². The number of ketones is 1. The molecule has 0 saturated heterocycles.